The lowest BCUT2D eigenvalue weighted by Crippen LogP contribution is -2.65. The Kier molecular flexibility index (Phi) is 14.4. The first-order valence-corrected chi connectivity index (χ1v) is 14.0. The lowest BCUT2D eigenvalue weighted by molar-refractivity contribution is -0.166. The van der Waals surface area contributed by atoms with Crippen molar-refractivity contribution in [3.05, 3.63) is 0 Å². The van der Waals surface area contributed by atoms with Crippen molar-refractivity contribution in [3.8, 4) is 0 Å². The third-order valence-corrected chi connectivity index (χ3v) is 7.49. The van der Waals surface area contributed by atoms with E-state index in [0.29, 0.717) is 0 Å². The molecule has 23 nitrogen and oxygen atoms in total. The number of nitrogens with two attached hydrogens (primary N) is 2. The van der Waals surface area contributed by atoms with Crippen LogP contribution >= 0.6 is 0 Å². The minimum Gasteiger partial charge on any atom is -0.394 e. The van der Waals surface area contributed by atoms with Crippen LogP contribution in [0.4, 0.5) is 0 Å². The number of likely N-dealkylation sites (tertiary alicyclic amines) is 2. The van der Waals surface area contributed by atoms with Gasteiger partial charge in [0.05, 0.1) is 44.8 Å². The Balaban J connectivity index is 1.85. The average molecular weight is 683 g/mol. The Labute approximate surface area is 267 Å². The van der Waals surface area contributed by atoms with Crippen LogP contribution in [0.25, 0.3) is 0 Å². The van der Waals surface area contributed by atoms with Gasteiger partial charge in [-0.2, -0.15) is 0 Å². The summed E-state index contributed by atoms with van der Waals surface area (Å²) >= 11 is 0. The molecule has 23 heteroatoms. The topological polar surface area (TPSA) is 359 Å². The lowest BCUT2D eigenvalue weighted by Gasteiger charge is -2.43. The molecule has 2 saturated heterocycles. The fraction of sp³-hybridized carbons (Fsp3) is 0.750. The van der Waals surface area contributed by atoms with Crippen LogP contribution in [0.3, 0.4) is 0 Å². The van der Waals surface area contributed by atoms with E-state index in [4.69, 9.17) is 11.5 Å². The number of hydrogen-bond acceptors (Lipinski definition) is 17. The van der Waals surface area contributed by atoms with E-state index >= 15 is 0 Å². The van der Waals surface area contributed by atoms with Crippen LogP contribution in [-0.4, -0.2) is 210 Å². The minimum atomic E-state index is -2.13. The second-order valence-electron chi connectivity index (χ2n) is 10.9. The Bertz CT molecular complexity index is 1180. The molecule has 0 saturated carbocycles. The number of β-amino-alcohol motifs (C(OH)–C–C–N with tert-alkyl or cyclic N) is 2. The molecule has 268 valence electrons. The van der Waals surface area contributed by atoms with E-state index in [9.17, 15) is 65.1 Å². The van der Waals surface area contributed by atoms with E-state index in [2.05, 4.69) is 20.0 Å². The van der Waals surface area contributed by atoms with Crippen LogP contribution in [-0.2, 0) is 28.9 Å². The normalized spacial score (nSPS) is 29.2. The molecule has 0 bridgehead atoms. The van der Waals surface area contributed by atoms with Crippen molar-refractivity contribution in [3.63, 3.8) is 0 Å². The Morgan fingerprint density at radius 3 is 1.51 bits per heavy atom. The summed E-state index contributed by atoms with van der Waals surface area (Å²) in [5, 5.41) is 94.9. The quantitative estimate of drug-likeness (QED) is 0.0417. The smallest absolute Gasteiger partial charge is 0.363 e. The minimum absolute atomic E-state index is 0.397. The molecule has 0 aromatic carbocycles. The van der Waals surface area contributed by atoms with Gasteiger partial charge in [-0.15, -0.1) is 0 Å². The summed E-state index contributed by atoms with van der Waals surface area (Å²) in [7, 11) is 2.51. The zero-order chi connectivity index (χ0) is 35.7. The van der Waals surface area contributed by atoms with Gasteiger partial charge >= 0.3 is 11.9 Å². The van der Waals surface area contributed by atoms with Crippen LogP contribution in [0.5, 0.6) is 0 Å². The Hall–Kier alpha value is -3.94. The molecule has 2 heterocycles. The van der Waals surface area contributed by atoms with Gasteiger partial charge in [-0.05, 0) is 10.3 Å². The molecule has 47 heavy (non-hydrogen) atoms. The number of amides is 2. The molecule has 2 amide bonds. The van der Waals surface area contributed by atoms with Gasteiger partial charge in [0, 0.05) is 27.2 Å². The molecule has 2 aliphatic rings. The molecule has 0 aromatic rings. The number of likely N-dealkylation sites (N-methyl/N-ethyl adjacent to an activating group) is 2. The monoisotopic (exact) mass is 682 g/mol. The molecule has 13 N–H and O–H groups in total. The van der Waals surface area contributed by atoms with Gasteiger partial charge in [0.2, 0.25) is 23.7 Å². The molecule has 2 aliphatic heterocycles. The fourth-order valence-corrected chi connectivity index (χ4v) is 4.57. The third kappa shape index (κ3) is 10.0. The van der Waals surface area contributed by atoms with Crippen LogP contribution in [0.2, 0.25) is 0 Å². The number of aliphatic hydroxyl groups is 9. The van der Waals surface area contributed by atoms with Crippen molar-refractivity contribution in [1.82, 2.24) is 19.6 Å². The first-order valence-electron chi connectivity index (χ1n) is 14.0. The summed E-state index contributed by atoms with van der Waals surface area (Å²) in [5.74, 6) is -5.31. The first-order chi connectivity index (χ1) is 21.9. The Morgan fingerprint density at radius 2 is 1.13 bits per heavy atom. The number of rotatable bonds is 11. The molecule has 0 radical (unpaired) electrons. The zero-order valence-electron chi connectivity index (χ0n) is 25.5. The average Bonchev–Trinajstić information content (AvgIpc) is 3.02. The molecule has 0 aromatic heterocycles. The van der Waals surface area contributed by atoms with Gasteiger partial charge in [-0.3, -0.25) is 9.59 Å². The SMILES string of the molecule is CN(CC(=O)N1C[C@@H](O)[C@@H](O)[C@H](O)[C@H]1CO)C(N)=NOC(=O)CC(O)C(=O)ON=C(N)N(C)CC(=O)N1C[C@@H](O)[C@@H](O)[C@H](O)[C@H]1CO. The maximum absolute atomic E-state index is 12.7. The van der Waals surface area contributed by atoms with Gasteiger partial charge in [0.25, 0.3) is 0 Å². The molecular weight excluding hydrogens is 640 g/mol. The number of carbonyl (C=O) groups is 4. The summed E-state index contributed by atoms with van der Waals surface area (Å²) in [6.45, 7) is -3.30. The lowest BCUT2D eigenvalue weighted by atomic mass is 9.94. The van der Waals surface area contributed by atoms with Gasteiger partial charge in [0.1, 0.15) is 36.6 Å². The van der Waals surface area contributed by atoms with Crippen LogP contribution in [0, 0.1) is 0 Å². The van der Waals surface area contributed by atoms with Crippen LogP contribution < -0.4 is 11.5 Å². The fourth-order valence-electron chi connectivity index (χ4n) is 4.57. The molecule has 9 atom stereocenters. The number of aliphatic hydroxyl groups excluding tert-OH is 9. The highest BCUT2D eigenvalue weighted by Gasteiger charge is 2.44. The molecular formula is C24H42N8O15. The molecule has 2 rings (SSSR count). The summed E-state index contributed by atoms with van der Waals surface area (Å²) in [6, 6.07) is -2.43. The molecule has 0 aliphatic carbocycles. The summed E-state index contributed by atoms with van der Waals surface area (Å²) in [5.41, 5.74) is 11.3. The van der Waals surface area contributed by atoms with Crippen LogP contribution in [0.15, 0.2) is 10.3 Å². The molecule has 0 spiro atoms. The van der Waals surface area contributed by atoms with Crippen molar-refractivity contribution >= 4 is 35.7 Å². The number of piperidine rings is 2. The summed E-state index contributed by atoms with van der Waals surface area (Å²) in [6.07, 6.45) is -12.5. The largest absolute Gasteiger partial charge is 0.394 e. The second-order valence-corrected chi connectivity index (χ2v) is 10.9. The first kappa shape index (κ1) is 39.2. The van der Waals surface area contributed by atoms with Crippen molar-refractivity contribution in [2.45, 2.75) is 61.2 Å². The maximum atomic E-state index is 12.7. The number of guanidine groups is 2. The highest BCUT2D eigenvalue weighted by molar-refractivity contribution is 5.87. The highest BCUT2D eigenvalue weighted by atomic mass is 16.7. The standard InChI is InChI=1S/C24H42N8O15/c1-29(6-15(38)31-4-13(36)20(43)18(41)10(31)8-33)23(25)27-46-17(40)3-12(35)22(45)47-28-24(26)30(2)7-16(39)32-5-14(37)21(44)19(42)11(32)9-34/h10-14,18-21,33-37,41-44H,3-9H2,1-2H3,(H2,25,27)(H2,26,28)/t10-,11-,12?,13-,14-,18-,19-,20-,21-/m1/s1. The van der Waals surface area contributed by atoms with Gasteiger partial charge < -0.3 is 86.7 Å². The van der Waals surface area contributed by atoms with Crippen molar-refractivity contribution in [2.75, 3.05) is 53.5 Å². The third-order valence-electron chi connectivity index (χ3n) is 7.49. The van der Waals surface area contributed by atoms with E-state index in [-0.39, 0.29) is 0 Å². The predicted octanol–water partition coefficient (Wildman–Crippen LogP) is -9.28. The van der Waals surface area contributed by atoms with Gasteiger partial charge in [-0.25, -0.2) is 9.59 Å². The second kappa shape index (κ2) is 17.3. The number of hydrogen-bond donors (Lipinski definition) is 11. The molecule has 2 fully saturated rings. The number of carbonyl (C=O) groups excluding carboxylic acids is 4. The summed E-state index contributed by atoms with van der Waals surface area (Å²) < 4.78 is 0. The highest BCUT2D eigenvalue weighted by Crippen LogP contribution is 2.20. The van der Waals surface area contributed by atoms with Crippen LogP contribution in [0.1, 0.15) is 6.42 Å². The van der Waals surface area contributed by atoms with Gasteiger partial charge in [0.15, 0.2) is 6.10 Å². The van der Waals surface area contributed by atoms with E-state index in [1.165, 1.54) is 14.1 Å². The Morgan fingerprint density at radius 1 is 0.745 bits per heavy atom. The van der Waals surface area contributed by atoms with E-state index in [1.54, 1.807) is 0 Å². The van der Waals surface area contributed by atoms with Crippen molar-refractivity contribution in [2.24, 2.45) is 21.8 Å². The maximum Gasteiger partial charge on any atom is 0.363 e. The van der Waals surface area contributed by atoms with E-state index < -0.39 is 136 Å². The predicted molar refractivity (Wildman–Crippen MR) is 153 cm³/mol. The van der Waals surface area contributed by atoms with Crippen molar-refractivity contribution in [1.29, 1.82) is 0 Å². The number of nitrogens with zero attached hydrogens (tertiary/aromatic N) is 6. The van der Waals surface area contributed by atoms with Gasteiger partial charge in [-0.1, -0.05) is 0 Å². The number of oxime groups is 2. The van der Waals surface area contributed by atoms with E-state index in [0.717, 1.165) is 19.6 Å². The summed E-state index contributed by atoms with van der Waals surface area (Å²) in [4.78, 5) is 62.3. The van der Waals surface area contributed by atoms with E-state index in [1.807, 2.05) is 0 Å². The zero-order valence-corrected chi connectivity index (χ0v) is 25.5. The molecule has 1 unspecified atom stereocenters. The van der Waals surface area contributed by atoms with Crippen molar-refractivity contribution < 1.29 is 74.8 Å².